The summed E-state index contributed by atoms with van der Waals surface area (Å²) in [6.07, 6.45) is 3.57. The van der Waals surface area contributed by atoms with Crippen molar-refractivity contribution >= 4 is 27.8 Å². The Labute approximate surface area is 137 Å². The van der Waals surface area contributed by atoms with E-state index in [1.165, 1.54) is 0 Å². The van der Waals surface area contributed by atoms with Crippen molar-refractivity contribution in [2.24, 2.45) is 0 Å². The second-order valence-electron chi connectivity index (χ2n) is 5.50. The predicted molar refractivity (Wildman–Crippen MR) is 93.3 cm³/mol. The normalized spacial score (nSPS) is 11.1. The molecule has 4 rings (SSSR count). The van der Waals surface area contributed by atoms with Gasteiger partial charge in [0.05, 0.1) is 12.7 Å². The van der Waals surface area contributed by atoms with Crippen LogP contribution in [0.1, 0.15) is 10.4 Å². The lowest BCUT2D eigenvalue weighted by molar-refractivity contribution is 0.0964. The summed E-state index contributed by atoms with van der Waals surface area (Å²) in [5.41, 5.74) is 4.20. The van der Waals surface area contributed by atoms with Crippen LogP contribution in [0.5, 0.6) is 5.75 Å². The summed E-state index contributed by atoms with van der Waals surface area (Å²) in [5, 5.41) is 4.50. The van der Waals surface area contributed by atoms with Crippen LogP contribution >= 0.6 is 0 Å². The van der Waals surface area contributed by atoms with E-state index in [0.717, 1.165) is 33.3 Å². The number of ether oxygens (including phenoxy) is 1. The van der Waals surface area contributed by atoms with E-state index in [1.54, 1.807) is 26.4 Å². The van der Waals surface area contributed by atoms with Gasteiger partial charge >= 0.3 is 0 Å². The maximum absolute atomic E-state index is 12.0. The highest BCUT2D eigenvalue weighted by molar-refractivity contribution is 6.07. The molecule has 0 saturated carbocycles. The molecule has 3 N–H and O–H groups in total. The number of nitrogens with zero attached hydrogens (tertiary/aromatic N) is 1. The van der Waals surface area contributed by atoms with Crippen LogP contribution in [0.3, 0.4) is 0 Å². The highest BCUT2D eigenvalue weighted by Crippen LogP contribution is 2.32. The van der Waals surface area contributed by atoms with Crippen LogP contribution in [0.4, 0.5) is 0 Å². The molecule has 0 saturated heterocycles. The molecule has 120 valence electrons. The van der Waals surface area contributed by atoms with Gasteiger partial charge in [0.1, 0.15) is 11.4 Å². The molecule has 0 unspecified atom stereocenters. The van der Waals surface area contributed by atoms with Crippen molar-refractivity contribution in [3.63, 3.8) is 0 Å². The number of amides is 1. The highest BCUT2D eigenvalue weighted by atomic mass is 16.5. The molecular formula is C18H16N4O2. The van der Waals surface area contributed by atoms with Crippen molar-refractivity contribution in [3.05, 3.63) is 48.3 Å². The van der Waals surface area contributed by atoms with E-state index in [0.29, 0.717) is 11.2 Å². The SMILES string of the molecule is CNC(=O)c1ccnc2[nH]c(-c3c[nH]c4ccc(OC)cc34)cc12. The molecule has 0 radical (unpaired) electrons. The Hall–Kier alpha value is -3.28. The molecule has 3 aromatic heterocycles. The molecule has 3 heterocycles. The predicted octanol–water partition coefficient (Wildman–Crippen LogP) is 3.08. The maximum Gasteiger partial charge on any atom is 0.251 e. The summed E-state index contributed by atoms with van der Waals surface area (Å²) in [6.45, 7) is 0. The molecule has 0 aliphatic rings. The average molecular weight is 320 g/mol. The van der Waals surface area contributed by atoms with Crippen molar-refractivity contribution in [3.8, 4) is 17.0 Å². The van der Waals surface area contributed by atoms with Crippen molar-refractivity contribution in [2.45, 2.75) is 0 Å². The largest absolute Gasteiger partial charge is 0.497 e. The third kappa shape index (κ3) is 2.11. The number of carbonyl (C=O) groups is 1. The van der Waals surface area contributed by atoms with Gasteiger partial charge in [0.25, 0.3) is 5.91 Å². The van der Waals surface area contributed by atoms with Gasteiger partial charge in [-0.15, -0.1) is 0 Å². The first-order chi connectivity index (χ1) is 11.7. The fraction of sp³-hybridized carbons (Fsp3) is 0.111. The number of hydrogen-bond donors (Lipinski definition) is 3. The van der Waals surface area contributed by atoms with E-state index in [2.05, 4.69) is 20.3 Å². The lowest BCUT2D eigenvalue weighted by atomic mass is 10.1. The second-order valence-corrected chi connectivity index (χ2v) is 5.50. The monoisotopic (exact) mass is 320 g/mol. The third-order valence-electron chi connectivity index (χ3n) is 4.18. The van der Waals surface area contributed by atoms with Gasteiger partial charge in [-0.2, -0.15) is 0 Å². The zero-order valence-electron chi connectivity index (χ0n) is 13.3. The van der Waals surface area contributed by atoms with Crippen LogP contribution < -0.4 is 10.1 Å². The Morgan fingerprint density at radius 3 is 2.88 bits per heavy atom. The van der Waals surface area contributed by atoms with Crippen molar-refractivity contribution < 1.29 is 9.53 Å². The molecule has 0 atom stereocenters. The van der Waals surface area contributed by atoms with E-state index in [1.807, 2.05) is 30.5 Å². The number of fused-ring (bicyclic) bond motifs is 2. The molecule has 6 heteroatoms. The number of benzene rings is 1. The minimum absolute atomic E-state index is 0.131. The minimum atomic E-state index is -0.131. The van der Waals surface area contributed by atoms with E-state index in [-0.39, 0.29) is 5.91 Å². The number of rotatable bonds is 3. The standard InChI is InChI=1S/C18H16N4O2/c1-19-18(23)11-5-6-20-17-13(11)8-16(22-17)14-9-21-15-4-3-10(24-2)7-12(14)15/h3-9,21H,1-2H3,(H,19,23)(H,20,22). The summed E-state index contributed by atoms with van der Waals surface area (Å²) in [5.74, 6) is 0.664. The number of carbonyl (C=O) groups excluding carboxylic acids is 1. The molecular weight excluding hydrogens is 304 g/mol. The number of aromatic nitrogens is 3. The number of methoxy groups -OCH3 is 1. The van der Waals surface area contributed by atoms with Gasteiger partial charge in [-0.3, -0.25) is 4.79 Å². The first kappa shape index (κ1) is 14.3. The quantitative estimate of drug-likeness (QED) is 0.542. The summed E-state index contributed by atoms with van der Waals surface area (Å²) < 4.78 is 5.32. The van der Waals surface area contributed by atoms with Crippen LogP contribution in [-0.4, -0.2) is 35.0 Å². The van der Waals surface area contributed by atoms with Gasteiger partial charge in [-0.05, 0) is 30.3 Å². The summed E-state index contributed by atoms with van der Waals surface area (Å²) >= 11 is 0. The number of nitrogens with one attached hydrogen (secondary N) is 3. The lowest BCUT2D eigenvalue weighted by Crippen LogP contribution is -2.17. The zero-order chi connectivity index (χ0) is 16.7. The van der Waals surface area contributed by atoms with Gasteiger partial charge in [-0.25, -0.2) is 4.98 Å². The maximum atomic E-state index is 12.0. The first-order valence-electron chi connectivity index (χ1n) is 7.56. The smallest absolute Gasteiger partial charge is 0.251 e. The van der Waals surface area contributed by atoms with Crippen molar-refractivity contribution in [2.75, 3.05) is 14.2 Å². The molecule has 1 aromatic carbocycles. The molecule has 1 amide bonds. The Morgan fingerprint density at radius 1 is 1.21 bits per heavy atom. The van der Waals surface area contributed by atoms with Crippen LogP contribution in [0.2, 0.25) is 0 Å². The number of aromatic amines is 2. The topological polar surface area (TPSA) is 82.8 Å². The molecule has 0 bridgehead atoms. The highest BCUT2D eigenvalue weighted by Gasteiger charge is 2.15. The first-order valence-corrected chi connectivity index (χ1v) is 7.56. The van der Waals surface area contributed by atoms with E-state index in [9.17, 15) is 4.79 Å². The Bertz CT molecular complexity index is 1060. The minimum Gasteiger partial charge on any atom is -0.497 e. The summed E-state index contributed by atoms with van der Waals surface area (Å²) in [6, 6.07) is 9.55. The molecule has 6 nitrogen and oxygen atoms in total. The van der Waals surface area contributed by atoms with Gasteiger partial charge in [0.2, 0.25) is 0 Å². The van der Waals surface area contributed by atoms with Crippen LogP contribution in [0.25, 0.3) is 33.2 Å². The lowest BCUT2D eigenvalue weighted by Gasteiger charge is -2.00. The van der Waals surface area contributed by atoms with Crippen LogP contribution in [0.15, 0.2) is 42.7 Å². The van der Waals surface area contributed by atoms with Crippen LogP contribution in [0, 0.1) is 0 Å². The number of hydrogen-bond acceptors (Lipinski definition) is 3. The summed E-state index contributed by atoms with van der Waals surface area (Å²) in [4.78, 5) is 22.9. The van der Waals surface area contributed by atoms with Crippen LogP contribution in [-0.2, 0) is 0 Å². The molecule has 0 aliphatic heterocycles. The Kier molecular flexibility index (Phi) is 3.23. The van der Waals surface area contributed by atoms with Crippen molar-refractivity contribution in [1.29, 1.82) is 0 Å². The molecule has 4 aromatic rings. The average Bonchev–Trinajstić information content (AvgIpc) is 3.23. The Morgan fingerprint density at radius 2 is 2.08 bits per heavy atom. The van der Waals surface area contributed by atoms with Gasteiger partial charge < -0.3 is 20.0 Å². The third-order valence-corrected chi connectivity index (χ3v) is 4.18. The second kappa shape index (κ2) is 5.42. The number of H-pyrrole nitrogens is 2. The molecule has 24 heavy (non-hydrogen) atoms. The zero-order valence-corrected chi connectivity index (χ0v) is 13.3. The molecule has 0 fully saturated rings. The van der Waals surface area contributed by atoms with E-state index >= 15 is 0 Å². The number of pyridine rings is 1. The molecule has 0 spiro atoms. The Balaban J connectivity index is 1.92. The van der Waals surface area contributed by atoms with Gasteiger partial charge in [0.15, 0.2) is 0 Å². The summed E-state index contributed by atoms with van der Waals surface area (Å²) in [7, 11) is 3.27. The molecule has 0 aliphatic carbocycles. The fourth-order valence-electron chi connectivity index (χ4n) is 2.95. The van der Waals surface area contributed by atoms with E-state index in [4.69, 9.17) is 4.74 Å². The van der Waals surface area contributed by atoms with Crippen molar-refractivity contribution in [1.82, 2.24) is 20.3 Å². The van der Waals surface area contributed by atoms with Gasteiger partial charge in [0, 0.05) is 47.0 Å². The van der Waals surface area contributed by atoms with E-state index < -0.39 is 0 Å². The van der Waals surface area contributed by atoms with Gasteiger partial charge in [-0.1, -0.05) is 0 Å². The fourth-order valence-corrected chi connectivity index (χ4v) is 2.95.